The van der Waals surface area contributed by atoms with Crippen molar-refractivity contribution in [3.8, 4) is 11.5 Å². The summed E-state index contributed by atoms with van der Waals surface area (Å²) in [7, 11) is -4.58. The van der Waals surface area contributed by atoms with Crippen molar-refractivity contribution in [2.45, 2.75) is 9.79 Å². The normalized spacial score (nSPS) is 11.9. The number of fused-ring (bicyclic) bond motifs is 1. The Kier molecular flexibility index (Phi) is 4.04. The van der Waals surface area contributed by atoms with Crippen LogP contribution in [0.25, 0.3) is 10.8 Å². The fourth-order valence-corrected chi connectivity index (χ4v) is 2.63. The molecule has 10 heteroatoms. The van der Waals surface area contributed by atoms with Crippen LogP contribution in [0.3, 0.4) is 0 Å². The first kappa shape index (κ1) is 14.8. The zero-order valence-electron chi connectivity index (χ0n) is 9.55. The summed E-state index contributed by atoms with van der Waals surface area (Å²) in [5.74, 6) is -0.881. The van der Waals surface area contributed by atoms with E-state index in [4.69, 9.17) is 9.81 Å². The Morgan fingerprint density at radius 3 is 2.20 bits per heavy atom. The predicted molar refractivity (Wildman–Crippen MR) is 67.7 cm³/mol. The van der Waals surface area contributed by atoms with Gasteiger partial charge < -0.3 is 10.2 Å². The first-order valence-corrected chi connectivity index (χ1v) is 7.13. The highest BCUT2D eigenvalue weighted by atomic mass is 32.2. The number of aromatic hydroxyl groups is 2. The van der Waals surface area contributed by atoms with E-state index in [1.165, 1.54) is 12.1 Å². The molecule has 8 nitrogen and oxygen atoms in total. The first-order valence-electron chi connectivity index (χ1n) is 4.95. The minimum atomic E-state index is -4.58. The van der Waals surface area contributed by atoms with Crippen molar-refractivity contribution >= 4 is 32.9 Å². The molecule has 0 heterocycles. The summed E-state index contributed by atoms with van der Waals surface area (Å²) in [5.41, 5.74) is 0. The Morgan fingerprint density at radius 1 is 1.00 bits per heavy atom. The largest absolute Gasteiger partial charge is 0.507 e. The van der Waals surface area contributed by atoms with Crippen LogP contribution in [0.15, 0.2) is 34.1 Å². The maximum absolute atomic E-state index is 11.1. The quantitative estimate of drug-likeness (QED) is 0.288. The van der Waals surface area contributed by atoms with E-state index in [1.807, 2.05) is 0 Å². The lowest BCUT2D eigenvalue weighted by molar-refractivity contribution is -0.432. The van der Waals surface area contributed by atoms with Crippen molar-refractivity contribution in [2.75, 3.05) is 0 Å². The number of hydrogen-bond donors (Lipinski definition) is 4. The zero-order chi connectivity index (χ0) is 14.9. The van der Waals surface area contributed by atoms with Crippen LogP contribution in [0.5, 0.6) is 11.5 Å². The van der Waals surface area contributed by atoms with Crippen LogP contribution >= 0.6 is 12.0 Å². The van der Waals surface area contributed by atoms with Crippen molar-refractivity contribution < 1.29 is 37.8 Å². The van der Waals surface area contributed by atoms with Gasteiger partial charge in [-0.05, 0) is 35.0 Å². The van der Waals surface area contributed by atoms with Crippen LogP contribution in [0, 0.1) is 0 Å². The highest BCUT2D eigenvalue weighted by molar-refractivity contribution is 7.94. The third kappa shape index (κ3) is 2.95. The molecular weight excluding hydrogens is 312 g/mol. The fraction of sp³-hybridized carbons (Fsp3) is 0. The van der Waals surface area contributed by atoms with Crippen molar-refractivity contribution in [1.29, 1.82) is 0 Å². The van der Waals surface area contributed by atoms with E-state index in [0.717, 1.165) is 12.1 Å². The average molecular weight is 320 g/mol. The maximum Gasteiger partial charge on any atom is 0.298 e. The smallest absolute Gasteiger partial charge is 0.298 e. The maximum atomic E-state index is 11.1. The van der Waals surface area contributed by atoms with Crippen LogP contribution < -0.4 is 0 Å². The molecule has 0 fully saturated rings. The van der Waals surface area contributed by atoms with E-state index in [-0.39, 0.29) is 10.6 Å². The van der Waals surface area contributed by atoms with Gasteiger partial charge in [-0.3, -0.25) is 4.55 Å². The molecule has 0 aliphatic heterocycles. The van der Waals surface area contributed by atoms with Crippen LogP contribution in [-0.4, -0.2) is 28.4 Å². The molecule has 0 saturated heterocycles. The summed E-state index contributed by atoms with van der Waals surface area (Å²) < 4.78 is 35.3. The van der Waals surface area contributed by atoms with Gasteiger partial charge in [-0.25, -0.2) is 5.26 Å². The van der Waals surface area contributed by atoms with Gasteiger partial charge in [0.2, 0.25) is 0 Å². The fourth-order valence-electron chi connectivity index (χ4n) is 1.61. The van der Waals surface area contributed by atoms with Crippen molar-refractivity contribution in [1.82, 2.24) is 0 Å². The van der Waals surface area contributed by atoms with E-state index in [9.17, 15) is 18.6 Å². The lowest BCUT2D eigenvalue weighted by Gasteiger charge is -2.07. The summed E-state index contributed by atoms with van der Waals surface area (Å²) >= 11 is 0.483. The zero-order valence-corrected chi connectivity index (χ0v) is 11.2. The van der Waals surface area contributed by atoms with Gasteiger partial charge in [-0.2, -0.15) is 8.42 Å². The summed E-state index contributed by atoms with van der Waals surface area (Å²) in [5, 5.41) is 31.3. The second-order valence-electron chi connectivity index (χ2n) is 3.69. The third-order valence-corrected chi connectivity index (χ3v) is 3.95. The minimum absolute atomic E-state index is 0.124. The van der Waals surface area contributed by atoms with Crippen molar-refractivity contribution in [2.24, 2.45) is 0 Å². The molecule has 0 atom stereocenters. The lowest BCUT2D eigenvalue weighted by Crippen LogP contribution is -1.98. The Hall–Kier alpha value is -1.56. The molecule has 0 spiro atoms. The van der Waals surface area contributed by atoms with E-state index in [1.54, 1.807) is 0 Å². The Morgan fingerprint density at radius 2 is 1.60 bits per heavy atom. The topological polar surface area (TPSA) is 134 Å². The minimum Gasteiger partial charge on any atom is -0.507 e. The van der Waals surface area contributed by atoms with Gasteiger partial charge in [0.05, 0.1) is 16.9 Å². The summed E-state index contributed by atoms with van der Waals surface area (Å²) in [4.78, 5) is -0.538. The van der Waals surface area contributed by atoms with Gasteiger partial charge in [-0.1, -0.05) is 5.04 Å². The average Bonchev–Trinajstić information content (AvgIpc) is 2.34. The summed E-state index contributed by atoms with van der Waals surface area (Å²) in [6, 6.07) is 4.67. The lowest BCUT2D eigenvalue weighted by atomic mass is 10.1. The second-order valence-corrected chi connectivity index (χ2v) is 5.82. The first-order chi connectivity index (χ1) is 9.32. The van der Waals surface area contributed by atoms with Gasteiger partial charge in [0, 0.05) is 0 Å². The SMILES string of the molecule is O=S(=O)(O)c1cc2cc(SOOO)c(O)cc2cc1O. The molecular formula is C10H8O8S2. The summed E-state index contributed by atoms with van der Waals surface area (Å²) in [6.07, 6.45) is 0. The second kappa shape index (κ2) is 5.44. The molecule has 0 bridgehead atoms. The molecule has 2 rings (SSSR count). The number of benzene rings is 2. The van der Waals surface area contributed by atoms with Crippen LogP contribution in [0.2, 0.25) is 0 Å². The van der Waals surface area contributed by atoms with Gasteiger partial charge in [0.1, 0.15) is 16.4 Å². The molecule has 0 aliphatic carbocycles. The Labute approximate surface area is 117 Å². The molecule has 2 aromatic carbocycles. The van der Waals surface area contributed by atoms with Crippen LogP contribution in [0.1, 0.15) is 0 Å². The molecule has 108 valence electrons. The van der Waals surface area contributed by atoms with Crippen LogP contribution in [-0.2, 0) is 19.5 Å². The number of hydrogen-bond acceptors (Lipinski definition) is 8. The van der Waals surface area contributed by atoms with Crippen LogP contribution in [0.4, 0.5) is 0 Å². The van der Waals surface area contributed by atoms with E-state index < -0.39 is 20.8 Å². The van der Waals surface area contributed by atoms with E-state index in [2.05, 4.69) is 9.37 Å². The highest BCUT2D eigenvalue weighted by Gasteiger charge is 2.17. The monoisotopic (exact) mass is 320 g/mol. The number of rotatable bonds is 4. The molecule has 0 saturated carbocycles. The van der Waals surface area contributed by atoms with Gasteiger partial charge >= 0.3 is 0 Å². The highest BCUT2D eigenvalue weighted by Crippen LogP contribution is 2.36. The molecule has 4 N–H and O–H groups in total. The number of phenols is 2. The molecule has 2 aromatic rings. The van der Waals surface area contributed by atoms with E-state index >= 15 is 0 Å². The Balaban J connectivity index is 2.63. The molecule has 0 aromatic heterocycles. The molecule has 0 unspecified atom stereocenters. The predicted octanol–water partition coefficient (Wildman–Crippen LogP) is 1.93. The molecule has 0 amide bonds. The van der Waals surface area contributed by atoms with Gasteiger partial charge in [-0.15, -0.1) is 4.33 Å². The van der Waals surface area contributed by atoms with Crippen molar-refractivity contribution in [3.05, 3.63) is 24.3 Å². The Bertz CT molecular complexity index is 755. The van der Waals surface area contributed by atoms with Crippen molar-refractivity contribution in [3.63, 3.8) is 0 Å². The summed E-state index contributed by atoms with van der Waals surface area (Å²) in [6.45, 7) is 0. The molecule has 0 radical (unpaired) electrons. The standard InChI is InChI=1S/C10H8O8S2/c11-7-1-5-2-8(12)10(20(14,15)16)4-6(5)3-9(7)19-18-17-13/h1-4,11-13H,(H,14,15,16). The van der Waals surface area contributed by atoms with E-state index in [0.29, 0.717) is 22.8 Å². The van der Waals surface area contributed by atoms with Gasteiger partial charge in [0.15, 0.2) is 0 Å². The van der Waals surface area contributed by atoms with Gasteiger partial charge in [0.25, 0.3) is 10.1 Å². The number of phenolic OH excluding ortho intramolecular Hbond substituents is 2. The molecule has 20 heavy (non-hydrogen) atoms. The molecule has 0 aliphatic rings. The third-order valence-electron chi connectivity index (χ3n) is 2.43.